The number of rotatable bonds is 7. The molecule has 10 heteroatoms. The molecule has 1 heterocycles. The summed E-state index contributed by atoms with van der Waals surface area (Å²) >= 11 is 0. The van der Waals surface area contributed by atoms with Crippen molar-refractivity contribution in [3.05, 3.63) is 109 Å². The number of carbonyl (C=O) groups is 3. The number of aliphatic hydroxyl groups is 1. The molecule has 252 valence electrons. The van der Waals surface area contributed by atoms with Gasteiger partial charge in [0.05, 0.1) is 37.0 Å². The van der Waals surface area contributed by atoms with Gasteiger partial charge in [0.1, 0.15) is 11.9 Å². The first-order valence-electron chi connectivity index (χ1n) is 16.5. The van der Waals surface area contributed by atoms with E-state index in [4.69, 9.17) is 4.74 Å². The summed E-state index contributed by atoms with van der Waals surface area (Å²) in [7, 11) is 1.71. The zero-order chi connectivity index (χ0) is 34.5. The average molecular weight is 660 g/mol. The van der Waals surface area contributed by atoms with Crippen LogP contribution in [-0.2, 0) is 11.2 Å². The lowest BCUT2D eigenvalue weighted by atomic mass is 10.0. The highest BCUT2D eigenvalue weighted by Crippen LogP contribution is 2.30. The maximum Gasteiger partial charge on any atom is 0.323 e. The Kier molecular flexibility index (Phi) is 9.96. The lowest BCUT2D eigenvalue weighted by molar-refractivity contribution is -0.134. The highest BCUT2D eigenvalue weighted by Gasteiger charge is 2.32. The number of fused-ring (bicyclic) bond motifs is 3. The number of nitrogens with one attached hydrogen (secondary N) is 3. The first-order chi connectivity index (χ1) is 23.7. The molecule has 3 atom stereocenters. The van der Waals surface area contributed by atoms with Crippen LogP contribution in [0.15, 0.2) is 103 Å². The van der Waals surface area contributed by atoms with E-state index in [1.165, 1.54) is 0 Å². The summed E-state index contributed by atoms with van der Waals surface area (Å²) < 4.78 is 6.59. The second-order valence-corrected chi connectivity index (χ2v) is 12.7. The van der Waals surface area contributed by atoms with Crippen molar-refractivity contribution in [2.75, 3.05) is 42.7 Å². The van der Waals surface area contributed by atoms with Crippen molar-refractivity contribution in [2.45, 2.75) is 32.4 Å². The molecule has 6 rings (SSSR count). The van der Waals surface area contributed by atoms with Gasteiger partial charge in [-0.25, -0.2) is 9.59 Å². The van der Waals surface area contributed by atoms with E-state index in [0.717, 1.165) is 21.5 Å². The Morgan fingerprint density at radius 1 is 0.878 bits per heavy atom. The Morgan fingerprint density at radius 2 is 1.49 bits per heavy atom. The van der Waals surface area contributed by atoms with Gasteiger partial charge in [0.15, 0.2) is 0 Å². The van der Waals surface area contributed by atoms with E-state index in [1.807, 2.05) is 91.9 Å². The number of nitrogens with zero attached hydrogens (tertiary/aromatic N) is 2. The van der Waals surface area contributed by atoms with Crippen molar-refractivity contribution < 1.29 is 24.2 Å². The standard InChI is InChI=1S/C39H41N5O5/c1-25-22-44(26(2)24-45)37(46)21-29-20-30(40-38(47)41-33-16-8-12-27-10-4-6-14-31(27)33)18-19-35(29)49-36(25)23-43(3)39(48)42-34-17-9-13-28-11-5-7-15-32(28)34/h4-20,25-26,36,45H,21-24H2,1-3H3,(H,42,48)(H2,40,41,47)/t25-,26-,36+/m1/s1. The Balaban J connectivity index is 1.22. The topological polar surface area (TPSA) is 123 Å². The van der Waals surface area contributed by atoms with Crippen LogP contribution in [0.1, 0.15) is 19.4 Å². The van der Waals surface area contributed by atoms with Crippen LogP contribution >= 0.6 is 0 Å². The number of benzene rings is 5. The molecule has 0 aromatic heterocycles. The van der Waals surface area contributed by atoms with Gasteiger partial charge in [-0.3, -0.25) is 4.79 Å². The minimum Gasteiger partial charge on any atom is -0.488 e. The molecule has 4 N–H and O–H groups in total. The molecule has 1 aliphatic heterocycles. The number of ether oxygens (including phenoxy) is 1. The van der Waals surface area contributed by atoms with Gasteiger partial charge in [-0.05, 0) is 48.0 Å². The maximum atomic E-state index is 13.7. The number of urea groups is 2. The quantitative estimate of drug-likeness (QED) is 0.151. The molecule has 1 aliphatic rings. The van der Waals surface area contributed by atoms with Crippen LogP contribution in [0.2, 0.25) is 0 Å². The smallest absolute Gasteiger partial charge is 0.323 e. The first-order valence-corrected chi connectivity index (χ1v) is 16.5. The Labute approximate surface area is 285 Å². The summed E-state index contributed by atoms with van der Waals surface area (Å²) in [6.45, 7) is 4.15. The largest absolute Gasteiger partial charge is 0.488 e. The molecule has 10 nitrogen and oxygen atoms in total. The van der Waals surface area contributed by atoms with Gasteiger partial charge in [0.2, 0.25) is 5.91 Å². The second kappa shape index (κ2) is 14.7. The van der Waals surface area contributed by atoms with Crippen molar-refractivity contribution in [3.8, 4) is 5.75 Å². The van der Waals surface area contributed by atoms with E-state index in [-0.39, 0.29) is 37.4 Å². The molecule has 5 amide bonds. The fourth-order valence-electron chi connectivity index (χ4n) is 6.24. The highest BCUT2D eigenvalue weighted by atomic mass is 16.5. The molecule has 0 saturated heterocycles. The predicted octanol–water partition coefficient (Wildman–Crippen LogP) is 6.95. The molecule has 5 aromatic rings. The molecule has 0 bridgehead atoms. The maximum absolute atomic E-state index is 13.7. The van der Waals surface area contributed by atoms with E-state index in [2.05, 4.69) is 16.0 Å². The molecule has 5 aromatic carbocycles. The van der Waals surface area contributed by atoms with Crippen LogP contribution in [-0.4, -0.2) is 71.8 Å². The molecule has 0 aliphatic carbocycles. The Bertz CT molecular complexity index is 1990. The molecule has 0 fully saturated rings. The number of carbonyl (C=O) groups excluding carboxylic acids is 3. The van der Waals surface area contributed by atoms with Crippen LogP contribution in [0.25, 0.3) is 21.5 Å². The Morgan fingerprint density at radius 3 is 2.14 bits per heavy atom. The molecular weight excluding hydrogens is 618 g/mol. The minimum atomic E-state index is -0.491. The van der Waals surface area contributed by atoms with Crippen LogP contribution in [0, 0.1) is 5.92 Å². The number of amides is 5. The van der Waals surface area contributed by atoms with E-state index < -0.39 is 18.2 Å². The van der Waals surface area contributed by atoms with E-state index in [0.29, 0.717) is 34.9 Å². The van der Waals surface area contributed by atoms with E-state index in [9.17, 15) is 19.5 Å². The minimum absolute atomic E-state index is 0.0109. The summed E-state index contributed by atoms with van der Waals surface area (Å²) in [6.07, 6.45) is -0.480. The summed E-state index contributed by atoms with van der Waals surface area (Å²) in [5, 5.41) is 22.7. The van der Waals surface area contributed by atoms with Crippen molar-refractivity contribution in [3.63, 3.8) is 0 Å². The van der Waals surface area contributed by atoms with Crippen LogP contribution in [0.3, 0.4) is 0 Å². The normalized spacial score (nSPS) is 16.8. The third-order valence-corrected chi connectivity index (χ3v) is 9.04. The molecular formula is C39H41N5O5. The van der Waals surface area contributed by atoms with Gasteiger partial charge < -0.3 is 35.6 Å². The van der Waals surface area contributed by atoms with Crippen molar-refractivity contribution in [2.24, 2.45) is 5.92 Å². The van der Waals surface area contributed by atoms with Gasteiger partial charge in [-0.2, -0.15) is 0 Å². The average Bonchev–Trinajstić information content (AvgIpc) is 3.15. The van der Waals surface area contributed by atoms with Gasteiger partial charge in [0, 0.05) is 41.5 Å². The lowest BCUT2D eigenvalue weighted by Crippen LogP contribution is -2.48. The zero-order valence-electron chi connectivity index (χ0n) is 27.9. The summed E-state index contributed by atoms with van der Waals surface area (Å²) in [4.78, 5) is 43.4. The van der Waals surface area contributed by atoms with E-state index >= 15 is 0 Å². The molecule has 0 unspecified atom stereocenters. The van der Waals surface area contributed by atoms with Crippen molar-refractivity contribution in [1.29, 1.82) is 0 Å². The van der Waals surface area contributed by atoms with Gasteiger partial charge in [-0.1, -0.05) is 79.7 Å². The second-order valence-electron chi connectivity index (χ2n) is 12.7. The Hall–Kier alpha value is -5.61. The number of hydrogen-bond acceptors (Lipinski definition) is 5. The monoisotopic (exact) mass is 659 g/mol. The summed E-state index contributed by atoms with van der Waals surface area (Å²) in [5.74, 6) is 0.130. The SMILES string of the molecule is C[C@@H]1CN([C@H](C)CO)C(=O)Cc2cc(NC(=O)Nc3cccc4ccccc34)ccc2O[C@H]1CN(C)C(=O)Nc1cccc2ccccc12. The van der Waals surface area contributed by atoms with E-state index in [1.54, 1.807) is 42.0 Å². The molecule has 0 spiro atoms. The zero-order valence-corrected chi connectivity index (χ0v) is 27.9. The third kappa shape index (κ3) is 7.60. The summed E-state index contributed by atoms with van der Waals surface area (Å²) in [5.41, 5.74) is 2.47. The predicted molar refractivity (Wildman–Crippen MR) is 194 cm³/mol. The lowest BCUT2D eigenvalue weighted by Gasteiger charge is -2.34. The molecule has 0 radical (unpaired) electrons. The van der Waals surface area contributed by atoms with Gasteiger partial charge >= 0.3 is 12.1 Å². The van der Waals surface area contributed by atoms with Crippen LogP contribution in [0.4, 0.5) is 26.7 Å². The number of hydrogen-bond donors (Lipinski definition) is 4. The number of aliphatic hydroxyl groups excluding tert-OH is 1. The highest BCUT2D eigenvalue weighted by molar-refractivity contribution is 6.06. The van der Waals surface area contributed by atoms with Gasteiger partial charge in [0.25, 0.3) is 0 Å². The fourth-order valence-corrected chi connectivity index (χ4v) is 6.24. The van der Waals surface area contributed by atoms with Crippen molar-refractivity contribution in [1.82, 2.24) is 9.80 Å². The number of likely N-dealkylation sites (N-methyl/N-ethyl adjacent to an activating group) is 1. The summed E-state index contributed by atoms with van der Waals surface area (Å²) in [6, 6.07) is 31.2. The number of anilines is 3. The van der Waals surface area contributed by atoms with Gasteiger partial charge in [-0.15, -0.1) is 0 Å². The van der Waals surface area contributed by atoms with Crippen molar-refractivity contribution >= 4 is 56.6 Å². The third-order valence-electron chi connectivity index (χ3n) is 9.04. The fraction of sp³-hybridized carbons (Fsp3) is 0.256. The van der Waals surface area contributed by atoms with Crippen LogP contribution < -0.4 is 20.7 Å². The van der Waals surface area contributed by atoms with Crippen LogP contribution in [0.5, 0.6) is 5.75 Å². The molecule has 0 saturated carbocycles. The first kappa shape index (κ1) is 33.3. The molecule has 49 heavy (non-hydrogen) atoms.